The van der Waals surface area contributed by atoms with E-state index in [9.17, 15) is 8.78 Å². The number of benzene rings is 1. The quantitative estimate of drug-likeness (QED) is 0.805. The Kier molecular flexibility index (Phi) is 3.22. The van der Waals surface area contributed by atoms with Crippen LogP contribution in [0.5, 0.6) is 0 Å². The van der Waals surface area contributed by atoms with Gasteiger partial charge in [0.1, 0.15) is 10.5 Å². The summed E-state index contributed by atoms with van der Waals surface area (Å²) in [7, 11) is 0. The zero-order chi connectivity index (χ0) is 13.4. The summed E-state index contributed by atoms with van der Waals surface area (Å²) in [5.41, 5.74) is 1.31. The molecule has 1 aromatic heterocycles. The molecule has 0 saturated heterocycles. The zero-order valence-electron chi connectivity index (χ0n) is 10.3. The third kappa shape index (κ3) is 2.34. The second-order valence-corrected chi connectivity index (χ2v) is 5.38. The van der Waals surface area contributed by atoms with Crippen molar-refractivity contribution in [1.29, 1.82) is 0 Å². The summed E-state index contributed by atoms with van der Waals surface area (Å²) in [5.74, 6) is -0.724. The van der Waals surface area contributed by atoms with Crippen LogP contribution >= 0.6 is 12.2 Å². The molecular weight excluding hydrogens is 266 g/mol. The third-order valence-corrected chi connectivity index (χ3v) is 3.99. The van der Waals surface area contributed by atoms with Crippen LogP contribution in [0.4, 0.5) is 8.78 Å². The van der Waals surface area contributed by atoms with Crippen LogP contribution in [-0.2, 0) is 0 Å². The van der Waals surface area contributed by atoms with E-state index in [1.54, 1.807) is 0 Å². The summed E-state index contributed by atoms with van der Waals surface area (Å²) in [6.07, 6.45) is 4.73. The monoisotopic (exact) mass is 280 g/mol. The second-order valence-electron chi connectivity index (χ2n) is 4.96. The molecule has 1 aliphatic rings. The minimum absolute atomic E-state index is 0.260. The highest BCUT2D eigenvalue weighted by Gasteiger charge is 2.19. The number of hydrogen-bond acceptors (Lipinski definition) is 1. The molecule has 3 rings (SSSR count). The van der Waals surface area contributed by atoms with Crippen LogP contribution < -0.4 is 0 Å². The van der Waals surface area contributed by atoms with Gasteiger partial charge in [-0.25, -0.2) is 13.5 Å². The molecule has 1 N–H and O–H groups in total. The molecule has 1 saturated carbocycles. The standard InChI is InChI=1S/C14H14F2N2S/c15-10-5-6-13(11(16)7-10)18-14(19)8-12(17-18)9-3-1-2-4-9/h5-9,17H,1-4H2. The molecule has 0 spiro atoms. The van der Waals surface area contributed by atoms with Crippen molar-refractivity contribution in [3.63, 3.8) is 0 Å². The van der Waals surface area contributed by atoms with Crippen LogP contribution in [0.2, 0.25) is 0 Å². The Morgan fingerprint density at radius 3 is 2.58 bits per heavy atom. The maximum atomic E-state index is 13.8. The SMILES string of the molecule is Fc1ccc(-n2[nH]c(C3CCCC3)cc2=S)c(F)c1. The summed E-state index contributed by atoms with van der Waals surface area (Å²) in [6.45, 7) is 0. The molecule has 0 radical (unpaired) electrons. The van der Waals surface area contributed by atoms with Gasteiger partial charge in [-0.1, -0.05) is 25.1 Å². The molecule has 0 amide bonds. The van der Waals surface area contributed by atoms with Gasteiger partial charge in [0.05, 0.1) is 5.69 Å². The van der Waals surface area contributed by atoms with E-state index in [0.29, 0.717) is 10.6 Å². The Morgan fingerprint density at radius 2 is 1.89 bits per heavy atom. The minimum atomic E-state index is -0.615. The lowest BCUT2D eigenvalue weighted by molar-refractivity contribution is 0.571. The Hall–Kier alpha value is -1.49. The van der Waals surface area contributed by atoms with Crippen molar-refractivity contribution in [3.05, 3.63) is 46.2 Å². The highest BCUT2D eigenvalue weighted by Crippen LogP contribution is 2.33. The predicted molar refractivity (Wildman–Crippen MR) is 72.1 cm³/mol. The molecule has 1 fully saturated rings. The zero-order valence-corrected chi connectivity index (χ0v) is 11.1. The number of aromatic nitrogens is 2. The smallest absolute Gasteiger partial charge is 0.151 e. The first-order valence-electron chi connectivity index (χ1n) is 6.42. The van der Waals surface area contributed by atoms with E-state index >= 15 is 0 Å². The Labute approximate surface area is 115 Å². The van der Waals surface area contributed by atoms with Gasteiger partial charge in [-0.15, -0.1) is 0 Å². The van der Waals surface area contributed by atoms with Gasteiger partial charge in [-0.2, -0.15) is 0 Å². The molecule has 0 unspecified atom stereocenters. The largest absolute Gasteiger partial charge is 0.297 e. The fourth-order valence-corrected chi connectivity index (χ4v) is 2.97. The van der Waals surface area contributed by atoms with Crippen molar-refractivity contribution in [2.45, 2.75) is 31.6 Å². The normalized spacial score (nSPS) is 16.1. The fraction of sp³-hybridized carbons (Fsp3) is 0.357. The van der Waals surface area contributed by atoms with Crippen LogP contribution in [0.25, 0.3) is 5.69 Å². The Morgan fingerprint density at radius 1 is 1.16 bits per heavy atom. The van der Waals surface area contributed by atoms with E-state index in [2.05, 4.69) is 5.10 Å². The van der Waals surface area contributed by atoms with Gasteiger partial charge in [0.2, 0.25) is 0 Å². The van der Waals surface area contributed by atoms with Crippen LogP contribution in [0.1, 0.15) is 37.3 Å². The molecule has 5 heteroatoms. The Balaban J connectivity index is 2.03. The van der Waals surface area contributed by atoms with Crippen molar-refractivity contribution in [1.82, 2.24) is 9.78 Å². The minimum Gasteiger partial charge on any atom is -0.297 e. The van der Waals surface area contributed by atoms with Gasteiger partial charge in [-0.3, -0.25) is 5.10 Å². The van der Waals surface area contributed by atoms with Crippen LogP contribution in [0.3, 0.4) is 0 Å². The molecule has 1 aromatic carbocycles. The van der Waals surface area contributed by atoms with E-state index in [0.717, 1.165) is 24.6 Å². The molecule has 2 nitrogen and oxygen atoms in total. The highest BCUT2D eigenvalue weighted by molar-refractivity contribution is 7.71. The second kappa shape index (κ2) is 4.89. The van der Waals surface area contributed by atoms with E-state index in [1.807, 2.05) is 6.07 Å². The maximum Gasteiger partial charge on any atom is 0.151 e. The molecule has 0 aliphatic heterocycles. The maximum absolute atomic E-state index is 13.8. The number of aromatic amines is 1. The molecule has 100 valence electrons. The Bertz CT molecular complexity index is 654. The molecule has 0 atom stereocenters. The van der Waals surface area contributed by atoms with Crippen molar-refractivity contribution >= 4 is 12.2 Å². The molecule has 1 aliphatic carbocycles. The lowest BCUT2D eigenvalue weighted by Gasteiger charge is -2.07. The molecule has 1 heterocycles. The van der Waals surface area contributed by atoms with Gasteiger partial charge >= 0.3 is 0 Å². The average Bonchev–Trinajstić information content (AvgIpc) is 2.98. The molecule has 2 aromatic rings. The number of nitrogens with zero attached hydrogens (tertiary/aromatic N) is 1. The van der Waals surface area contributed by atoms with Crippen molar-refractivity contribution in [3.8, 4) is 5.69 Å². The third-order valence-electron chi connectivity index (χ3n) is 3.69. The van der Waals surface area contributed by atoms with Gasteiger partial charge in [-0.05, 0) is 31.0 Å². The van der Waals surface area contributed by atoms with Crippen molar-refractivity contribution in [2.75, 3.05) is 0 Å². The molecule has 19 heavy (non-hydrogen) atoms. The van der Waals surface area contributed by atoms with Crippen molar-refractivity contribution < 1.29 is 8.78 Å². The van der Waals surface area contributed by atoms with E-state index in [-0.39, 0.29) is 5.69 Å². The number of nitrogens with one attached hydrogen (secondary N) is 1. The van der Waals surface area contributed by atoms with E-state index in [4.69, 9.17) is 12.2 Å². The number of hydrogen-bond donors (Lipinski definition) is 1. The lowest BCUT2D eigenvalue weighted by atomic mass is 10.1. The molecular formula is C14H14F2N2S. The van der Waals surface area contributed by atoms with Gasteiger partial charge in [0, 0.05) is 17.7 Å². The number of rotatable bonds is 2. The van der Waals surface area contributed by atoms with Gasteiger partial charge < -0.3 is 0 Å². The summed E-state index contributed by atoms with van der Waals surface area (Å²) in [6, 6.07) is 5.38. The van der Waals surface area contributed by atoms with Crippen LogP contribution in [0.15, 0.2) is 24.3 Å². The van der Waals surface area contributed by atoms with E-state index in [1.165, 1.54) is 29.7 Å². The number of H-pyrrole nitrogens is 1. The van der Waals surface area contributed by atoms with Crippen molar-refractivity contribution in [2.24, 2.45) is 0 Å². The topological polar surface area (TPSA) is 20.7 Å². The average molecular weight is 280 g/mol. The number of halogens is 2. The predicted octanol–water partition coefficient (Wildman–Crippen LogP) is 4.47. The summed E-state index contributed by atoms with van der Waals surface area (Å²) in [5, 5.41) is 3.15. The summed E-state index contributed by atoms with van der Waals surface area (Å²) < 4.78 is 28.7. The summed E-state index contributed by atoms with van der Waals surface area (Å²) in [4.78, 5) is 0. The van der Waals surface area contributed by atoms with Gasteiger partial charge in [0.25, 0.3) is 0 Å². The first kappa shape index (κ1) is 12.5. The highest BCUT2D eigenvalue weighted by atomic mass is 32.1. The lowest BCUT2D eigenvalue weighted by Crippen LogP contribution is -2.02. The first-order valence-corrected chi connectivity index (χ1v) is 6.83. The first-order chi connectivity index (χ1) is 9.15. The molecule has 0 bridgehead atoms. The van der Waals surface area contributed by atoms with Gasteiger partial charge in [0.15, 0.2) is 5.82 Å². The fourth-order valence-electron chi connectivity index (χ4n) is 2.70. The van der Waals surface area contributed by atoms with Crippen LogP contribution in [0, 0.1) is 16.3 Å². The van der Waals surface area contributed by atoms with E-state index < -0.39 is 11.6 Å². The van der Waals surface area contributed by atoms with Crippen LogP contribution in [-0.4, -0.2) is 9.78 Å². The summed E-state index contributed by atoms with van der Waals surface area (Å²) >= 11 is 5.25.